The second kappa shape index (κ2) is 57.8. The average Bonchev–Trinajstić information content (AvgIpc) is 3.20. The minimum absolute atomic E-state index is 0. The predicted molar refractivity (Wildman–Crippen MR) is 246 cm³/mol. The molecule has 0 spiro atoms. The summed E-state index contributed by atoms with van der Waals surface area (Å²) in [5.41, 5.74) is 0. The van der Waals surface area contributed by atoms with Crippen LogP contribution in [-0.4, -0.2) is 68.3 Å². The van der Waals surface area contributed by atoms with Gasteiger partial charge in [-0.2, -0.15) is 6.42 Å². The first-order valence-corrected chi connectivity index (χ1v) is 24.7. The van der Waals surface area contributed by atoms with Gasteiger partial charge in [-0.1, -0.05) is 182 Å². The maximum atomic E-state index is 11.4. The van der Waals surface area contributed by atoms with Crippen molar-refractivity contribution in [2.45, 2.75) is 259 Å². The summed E-state index contributed by atoms with van der Waals surface area (Å²) in [4.78, 5) is 24.9. The molecule has 2 atom stereocenters. The first-order valence-electron chi connectivity index (χ1n) is 24.7. The van der Waals surface area contributed by atoms with Gasteiger partial charge in [0.1, 0.15) is 6.29 Å². The Kier molecular flexibility index (Phi) is 64.2. The number of unbranched alkanes of at least 4 members (excludes halogenated alkanes) is 22. The van der Waals surface area contributed by atoms with Gasteiger partial charge in [0.25, 0.3) is 0 Å². The number of hydrogen-bond donors (Lipinski definition) is 1. The van der Waals surface area contributed by atoms with Crippen LogP contribution < -0.4 is 0 Å². The topological polar surface area (TPSA) is 76.1 Å². The van der Waals surface area contributed by atoms with Crippen LogP contribution in [0.1, 0.15) is 253 Å². The van der Waals surface area contributed by atoms with Gasteiger partial charge in [-0.3, -0.25) is 4.79 Å². The zero-order chi connectivity index (χ0) is 42.0. The summed E-state index contributed by atoms with van der Waals surface area (Å²) in [6, 6.07) is 0. The predicted octanol–water partition coefficient (Wildman–Crippen LogP) is 14.8. The molecule has 0 amide bonds. The normalized spacial score (nSPS) is 11.9. The van der Waals surface area contributed by atoms with Crippen molar-refractivity contribution in [3.05, 3.63) is 6.92 Å². The van der Waals surface area contributed by atoms with E-state index in [0.29, 0.717) is 18.9 Å². The minimum Gasteiger partial charge on any atom is -0.466 e. The van der Waals surface area contributed by atoms with Gasteiger partial charge < -0.3 is 31.2 Å². The summed E-state index contributed by atoms with van der Waals surface area (Å²) in [6.07, 6.45) is 42.7. The van der Waals surface area contributed by atoms with E-state index in [0.717, 1.165) is 71.2 Å². The van der Waals surface area contributed by atoms with Crippen molar-refractivity contribution in [2.75, 3.05) is 40.0 Å². The van der Waals surface area contributed by atoms with E-state index in [1.54, 1.807) is 7.11 Å². The molecule has 0 rings (SSSR count). The van der Waals surface area contributed by atoms with Crippen LogP contribution in [0.15, 0.2) is 0 Å². The van der Waals surface area contributed by atoms with Gasteiger partial charge in [0.05, 0.1) is 12.7 Å². The minimum atomic E-state index is -0.0657. The van der Waals surface area contributed by atoms with E-state index in [1.807, 2.05) is 6.92 Å². The number of esters is 1. The first kappa shape index (κ1) is 63.3. The van der Waals surface area contributed by atoms with Crippen LogP contribution in [0.3, 0.4) is 0 Å². The van der Waals surface area contributed by atoms with Crippen molar-refractivity contribution in [1.82, 2.24) is 4.90 Å². The molecule has 2 unspecified atom stereocenters. The third-order valence-electron chi connectivity index (χ3n) is 10.8. The van der Waals surface area contributed by atoms with Gasteiger partial charge in [0, 0.05) is 47.1 Å². The van der Waals surface area contributed by atoms with Crippen LogP contribution >= 0.6 is 0 Å². The smallest absolute Gasteiger partial charge is 0.305 e. The number of hydrogen-bond acceptors (Lipinski definition) is 6. The van der Waals surface area contributed by atoms with E-state index in [4.69, 9.17) is 9.47 Å². The van der Waals surface area contributed by atoms with E-state index in [-0.39, 0.29) is 33.1 Å². The molecule has 0 fully saturated rings. The van der Waals surface area contributed by atoms with Crippen molar-refractivity contribution in [2.24, 2.45) is 5.92 Å². The standard InChI is InChI=1S/C19H38NO3.C16H32O.C15H32O.W/c1-4-6-7-10-15-20(16-11-8-9-12-18-22-3)17-13-14-19(21)23-5-2;1-3-5-7-9-10-12-14-16(15-17)13-11-8-6-4-2;1-3-5-7-9-10-12-14-15(16)13-11-8-6-4-2;/h1,4-18H2,2-3H3;15-16H,3-14H2,1-2H3;15-16H,3-14H2,1-2H3;/q-1;;;. The largest absolute Gasteiger partial charge is 0.466 e. The molecule has 7 heteroatoms. The Morgan fingerprint density at radius 3 is 1.39 bits per heavy atom. The molecule has 57 heavy (non-hydrogen) atoms. The van der Waals surface area contributed by atoms with Gasteiger partial charge in [-0.15, -0.1) is 0 Å². The summed E-state index contributed by atoms with van der Waals surface area (Å²) in [6.45, 7) is 19.3. The number of carbonyl (C=O) groups is 2. The van der Waals surface area contributed by atoms with Crippen molar-refractivity contribution in [3.8, 4) is 0 Å². The number of aliphatic hydroxyl groups is 1. The average molecular weight is 981 g/mol. The molecule has 0 aliphatic rings. The summed E-state index contributed by atoms with van der Waals surface area (Å²) < 4.78 is 10.1. The molecule has 0 bridgehead atoms. The zero-order valence-electron chi connectivity index (χ0n) is 39.5. The van der Waals surface area contributed by atoms with Gasteiger partial charge in [-0.05, 0) is 77.9 Å². The zero-order valence-corrected chi connectivity index (χ0v) is 42.4. The number of carbonyl (C=O) groups excluding carboxylic acids is 2. The Hall–Kier alpha value is -0.292. The number of aliphatic hydroxyl groups excluding tert-OH is 1. The van der Waals surface area contributed by atoms with Crippen LogP contribution in [0.25, 0.3) is 0 Å². The Labute approximate surface area is 372 Å². The Morgan fingerprint density at radius 1 is 0.561 bits per heavy atom. The van der Waals surface area contributed by atoms with Crippen LogP contribution in [-0.2, 0) is 40.1 Å². The van der Waals surface area contributed by atoms with E-state index in [1.165, 1.54) is 173 Å². The monoisotopic (exact) mass is 981 g/mol. The first-order chi connectivity index (χ1) is 27.4. The van der Waals surface area contributed by atoms with Crippen LogP contribution in [0.2, 0.25) is 0 Å². The summed E-state index contributed by atoms with van der Waals surface area (Å²) in [5.74, 6) is 0.280. The fourth-order valence-electron chi connectivity index (χ4n) is 7.05. The number of methoxy groups -OCH3 is 1. The molecule has 0 aromatic rings. The van der Waals surface area contributed by atoms with E-state index in [2.05, 4.69) is 39.5 Å². The fraction of sp³-hybridized carbons (Fsp3) is 0.940. The molecule has 0 aromatic carbocycles. The summed E-state index contributed by atoms with van der Waals surface area (Å²) in [7, 11) is 1.76. The van der Waals surface area contributed by atoms with Crippen LogP contribution in [0.4, 0.5) is 0 Å². The molecule has 0 radical (unpaired) electrons. The number of aldehydes is 1. The molecular weight excluding hydrogens is 878 g/mol. The fourth-order valence-corrected chi connectivity index (χ4v) is 7.05. The number of nitrogens with zero attached hydrogens (tertiary/aromatic N) is 1. The SMILES string of the molecule is CCCCCCCCC(C=O)CCCCCC.CCCCCCCCC(O)CCCCCC.[CH2-]CCCCCN(CCCCCCOC)CCCC(=O)OCC.[W]. The van der Waals surface area contributed by atoms with Gasteiger partial charge in [0.15, 0.2) is 0 Å². The molecular formula is C50H102NO5W-. The van der Waals surface area contributed by atoms with Crippen LogP contribution in [0.5, 0.6) is 0 Å². The van der Waals surface area contributed by atoms with Crippen molar-refractivity contribution < 1.29 is 45.2 Å². The Morgan fingerprint density at radius 2 is 0.947 bits per heavy atom. The molecule has 0 aromatic heterocycles. The molecule has 344 valence electrons. The molecule has 0 saturated heterocycles. The maximum absolute atomic E-state index is 11.4. The maximum Gasteiger partial charge on any atom is 0.305 e. The van der Waals surface area contributed by atoms with Gasteiger partial charge in [0.2, 0.25) is 0 Å². The molecule has 0 aliphatic heterocycles. The molecule has 6 nitrogen and oxygen atoms in total. The molecule has 1 N–H and O–H groups in total. The number of ether oxygens (including phenoxy) is 2. The molecule has 0 heterocycles. The van der Waals surface area contributed by atoms with Crippen molar-refractivity contribution in [3.63, 3.8) is 0 Å². The summed E-state index contributed by atoms with van der Waals surface area (Å²) in [5, 5.41) is 9.75. The quantitative estimate of drug-likeness (QED) is 0.0284. The van der Waals surface area contributed by atoms with E-state index < -0.39 is 0 Å². The Bertz CT molecular complexity index is 727. The molecule has 0 saturated carbocycles. The van der Waals surface area contributed by atoms with Crippen LogP contribution in [0, 0.1) is 12.8 Å². The Balaban J connectivity index is -0.000000374. The van der Waals surface area contributed by atoms with E-state index in [9.17, 15) is 14.7 Å². The third-order valence-corrected chi connectivity index (χ3v) is 10.8. The van der Waals surface area contributed by atoms with Crippen molar-refractivity contribution in [1.29, 1.82) is 0 Å². The van der Waals surface area contributed by atoms with Gasteiger partial charge in [-0.25, -0.2) is 0 Å². The molecule has 0 aliphatic carbocycles. The number of rotatable bonds is 42. The van der Waals surface area contributed by atoms with Crippen molar-refractivity contribution >= 4 is 12.3 Å². The van der Waals surface area contributed by atoms with Gasteiger partial charge >= 0.3 is 5.97 Å². The summed E-state index contributed by atoms with van der Waals surface area (Å²) >= 11 is 0. The third kappa shape index (κ3) is 57.8. The second-order valence-corrected chi connectivity index (χ2v) is 16.4. The second-order valence-electron chi connectivity index (χ2n) is 16.4. The van der Waals surface area contributed by atoms with E-state index >= 15 is 0 Å².